The van der Waals surface area contributed by atoms with Crippen LogP contribution in [-0.4, -0.2) is 5.60 Å². The van der Waals surface area contributed by atoms with E-state index in [1.54, 1.807) is 0 Å². The number of fused-ring (bicyclic) bond motifs is 1. The predicted molar refractivity (Wildman–Crippen MR) is 57.6 cm³/mol. The van der Waals surface area contributed by atoms with Crippen LogP contribution in [0.15, 0.2) is 16.6 Å². The van der Waals surface area contributed by atoms with Crippen molar-refractivity contribution in [2.75, 3.05) is 0 Å². The molecule has 0 atom stereocenters. The molecule has 0 bridgehead atoms. The molecule has 1 aromatic rings. The van der Waals surface area contributed by atoms with Crippen molar-refractivity contribution in [1.82, 2.24) is 0 Å². The Bertz CT molecular complexity index is 360. The SMILES string of the molecule is CC1(C)Cc2cc(Cl)cc(Br)c2O1. The van der Waals surface area contributed by atoms with Crippen molar-refractivity contribution in [3.63, 3.8) is 0 Å². The molecule has 0 aliphatic carbocycles. The molecule has 0 unspecified atom stereocenters. The van der Waals surface area contributed by atoms with E-state index in [9.17, 15) is 0 Å². The van der Waals surface area contributed by atoms with Crippen LogP contribution in [0.5, 0.6) is 5.75 Å². The summed E-state index contributed by atoms with van der Waals surface area (Å²) in [6.45, 7) is 4.15. The van der Waals surface area contributed by atoms with Crippen LogP contribution in [0, 0.1) is 0 Å². The Balaban J connectivity index is 2.52. The molecule has 1 nitrogen and oxygen atoms in total. The molecule has 0 amide bonds. The highest BCUT2D eigenvalue weighted by atomic mass is 79.9. The highest BCUT2D eigenvalue weighted by Gasteiger charge is 2.31. The third-order valence-electron chi connectivity index (χ3n) is 2.08. The molecule has 0 N–H and O–H groups in total. The van der Waals surface area contributed by atoms with Gasteiger partial charge in [0.25, 0.3) is 0 Å². The van der Waals surface area contributed by atoms with Gasteiger partial charge in [0, 0.05) is 17.0 Å². The third kappa shape index (κ3) is 1.70. The zero-order chi connectivity index (χ0) is 9.64. The lowest BCUT2D eigenvalue weighted by atomic mass is 10.0. The van der Waals surface area contributed by atoms with Gasteiger partial charge in [-0.05, 0) is 41.9 Å². The number of hydrogen-bond donors (Lipinski definition) is 0. The number of benzene rings is 1. The van der Waals surface area contributed by atoms with Gasteiger partial charge in [-0.2, -0.15) is 0 Å². The summed E-state index contributed by atoms with van der Waals surface area (Å²) in [6, 6.07) is 3.83. The van der Waals surface area contributed by atoms with Crippen molar-refractivity contribution in [1.29, 1.82) is 0 Å². The summed E-state index contributed by atoms with van der Waals surface area (Å²) in [6.07, 6.45) is 0.918. The molecule has 1 aromatic carbocycles. The first-order valence-electron chi connectivity index (χ1n) is 4.15. The van der Waals surface area contributed by atoms with Gasteiger partial charge in [-0.25, -0.2) is 0 Å². The van der Waals surface area contributed by atoms with Crippen molar-refractivity contribution >= 4 is 27.5 Å². The van der Waals surface area contributed by atoms with Gasteiger partial charge >= 0.3 is 0 Å². The van der Waals surface area contributed by atoms with Gasteiger partial charge < -0.3 is 4.74 Å². The van der Waals surface area contributed by atoms with Crippen molar-refractivity contribution in [3.05, 3.63) is 27.2 Å². The largest absolute Gasteiger partial charge is 0.486 e. The topological polar surface area (TPSA) is 9.23 Å². The van der Waals surface area contributed by atoms with E-state index in [0.717, 1.165) is 21.7 Å². The van der Waals surface area contributed by atoms with E-state index >= 15 is 0 Å². The van der Waals surface area contributed by atoms with E-state index in [2.05, 4.69) is 29.8 Å². The second-order valence-electron chi connectivity index (χ2n) is 3.91. The molecule has 0 aromatic heterocycles. The summed E-state index contributed by atoms with van der Waals surface area (Å²) in [5.41, 5.74) is 1.08. The maximum Gasteiger partial charge on any atom is 0.137 e. The molecule has 0 fully saturated rings. The first-order chi connectivity index (χ1) is 5.98. The first kappa shape index (κ1) is 9.35. The van der Waals surface area contributed by atoms with Crippen molar-refractivity contribution < 1.29 is 4.74 Å². The number of rotatable bonds is 0. The van der Waals surface area contributed by atoms with Gasteiger partial charge in [0.2, 0.25) is 0 Å². The average Bonchev–Trinajstić information content (AvgIpc) is 2.23. The van der Waals surface area contributed by atoms with Crippen molar-refractivity contribution in [2.45, 2.75) is 25.9 Å². The second kappa shape index (κ2) is 2.89. The highest BCUT2D eigenvalue weighted by molar-refractivity contribution is 9.10. The fourth-order valence-corrected chi connectivity index (χ4v) is 2.59. The Hall–Kier alpha value is -0.210. The third-order valence-corrected chi connectivity index (χ3v) is 2.89. The zero-order valence-corrected chi connectivity index (χ0v) is 9.87. The molecule has 1 aliphatic heterocycles. The summed E-state index contributed by atoms with van der Waals surface area (Å²) < 4.78 is 6.72. The molecule has 0 radical (unpaired) electrons. The van der Waals surface area contributed by atoms with Crippen LogP contribution in [-0.2, 0) is 6.42 Å². The summed E-state index contributed by atoms with van der Waals surface area (Å²) in [4.78, 5) is 0. The molecule has 0 spiro atoms. The van der Waals surface area contributed by atoms with Crippen LogP contribution >= 0.6 is 27.5 Å². The van der Waals surface area contributed by atoms with Crippen molar-refractivity contribution in [3.8, 4) is 5.75 Å². The Morgan fingerprint density at radius 2 is 2.15 bits per heavy atom. The first-order valence-corrected chi connectivity index (χ1v) is 5.32. The van der Waals surface area contributed by atoms with E-state index in [1.807, 2.05) is 12.1 Å². The molecule has 70 valence electrons. The van der Waals surface area contributed by atoms with Gasteiger partial charge in [-0.3, -0.25) is 0 Å². The molecule has 13 heavy (non-hydrogen) atoms. The van der Waals surface area contributed by atoms with Crippen LogP contribution < -0.4 is 4.74 Å². The van der Waals surface area contributed by atoms with Crippen LogP contribution in [0.2, 0.25) is 5.02 Å². The lowest BCUT2D eigenvalue weighted by Gasteiger charge is -2.17. The summed E-state index contributed by atoms with van der Waals surface area (Å²) in [5, 5.41) is 0.756. The van der Waals surface area contributed by atoms with Crippen LogP contribution in [0.1, 0.15) is 19.4 Å². The van der Waals surface area contributed by atoms with E-state index in [0.29, 0.717) is 0 Å². The van der Waals surface area contributed by atoms with Gasteiger partial charge in [0.05, 0.1) is 4.47 Å². The molecule has 1 aliphatic rings. The Morgan fingerprint density at radius 3 is 2.85 bits per heavy atom. The smallest absolute Gasteiger partial charge is 0.137 e. The van der Waals surface area contributed by atoms with Crippen LogP contribution in [0.3, 0.4) is 0 Å². The van der Waals surface area contributed by atoms with Gasteiger partial charge in [0.1, 0.15) is 11.4 Å². The maximum absolute atomic E-state index is 5.94. The average molecular weight is 262 g/mol. The Kier molecular flexibility index (Phi) is 2.08. The molecule has 1 heterocycles. The molecular formula is C10H10BrClO. The summed E-state index contributed by atoms with van der Waals surface area (Å²) in [5.74, 6) is 0.939. The Labute approximate surface area is 91.2 Å². The fourth-order valence-electron chi connectivity index (χ4n) is 1.63. The van der Waals surface area contributed by atoms with Crippen molar-refractivity contribution in [2.24, 2.45) is 0 Å². The number of hydrogen-bond acceptors (Lipinski definition) is 1. The fraction of sp³-hybridized carbons (Fsp3) is 0.400. The van der Waals surface area contributed by atoms with E-state index < -0.39 is 0 Å². The lowest BCUT2D eigenvalue weighted by Crippen LogP contribution is -2.24. The predicted octanol–water partition coefficient (Wildman–Crippen LogP) is 3.82. The summed E-state index contributed by atoms with van der Waals surface area (Å²) in [7, 11) is 0. The normalized spacial score (nSPS) is 18.2. The maximum atomic E-state index is 5.94. The van der Waals surface area contributed by atoms with Gasteiger partial charge in [-0.1, -0.05) is 11.6 Å². The highest BCUT2D eigenvalue weighted by Crippen LogP contribution is 2.41. The monoisotopic (exact) mass is 260 g/mol. The zero-order valence-electron chi connectivity index (χ0n) is 7.53. The van der Waals surface area contributed by atoms with Crippen LogP contribution in [0.4, 0.5) is 0 Å². The van der Waals surface area contributed by atoms with Gasteiger partial charge in [0.15, 0.2) is 0 Å². The number of ether oxygens (including phenoxy) is 1. The minimum atomic E-state index is -0.102. The quantitative estimate of drug-likeness (QED) is 0.690. The van der Waals surface area contributed by atoms with Crippen LogP contribution in [0.25, 0.3) is 0 Å². The molecule has 2 rings (SSSR count). The molecule has 3 heteroatoms. The minimum Gasteiger partial charge on any atom is -0.486 e. The number of halogens is 2. The molecule has 0 saturated carbocycles. The standard InChI is InChI=1S/C10H10BrClO/c1-10(2)5-6-3-7(12)4-8(11)9(6)13-10/h3-4H,5H2,1-2H3. The van der Waals surface area contributed by atoms with E-state index in [4.69, 9.17) is 16.3 Å². The lowest BCUT2D eigenvalue weighted by molar-refractivity contribution is 0.137. The molecular weight excluding hydrogens is 251 g/mol. The molecule has 0 saturated heterocycles. The second-order valence-corrected chi connectivity index (χ2v) is 5.21. The summed E-state index contributed by atoms with van der Waals surface area (Å²) >= 11 is 9.38. The van der Waals surface area contributed by atoms with E-state index in [1.165, 1.54) is 5.56 Å². The van der Waals surface area contributed by atoms with E-state index in [-0.39, 0.29) is 5.60 Å². The Morgan fingerprint density at radius 1 is 1.46 bits per heavy atom. The van der Waals surface area contributed by atoms with Gasteiger partial charge in [-0.15, -0.1) is 0 Å². The minimum absolute atomic E-state index is 0.102.